The lowest BCUT2D eigenvalue weighted by molar-refractivity contribution is -0.138. The van der Waals surface area contributed by atoms with E-state index in [2.05, 4.69) is 14.9 Å². The number of pyridine rings is 2. The number of nitrogens with two attached hydrogens (primary N) is 1. The van der Waals surface area contributed by atoms with Crippen molar-refractivity contribution in [2.45, 2.75) is 45.1 Å². The Balaban J connectivity index is 0.000000201. The number of anilines is 1. The Hall–Kier alpha value is -5.17. The van der Waals surface area contributed by atoms with E-state index in [0.29, 0.717) is 62.2 Å². The molecule has 61 heavy (non-hydrogen) atoms. The lowest BCUT2D eigenvalue weighted by atomic mass is 9.88. The summed E-state index contributed by atoms with van der Waals surface area (Å²) in [5.41, 5.74) is 9.86. The Kier molecular flexibility index (Phi) is 18.2. The van der Waals surface area contributed by atoms with Crippen molar-refractivity contribution >= 4 is 64.0 Å². The number of piperidine rings is 2. The summed E-state index contributed by atoms with van der Waals surface area (Å²) in [6, 6.07) is 28.3. The molecule has 0 radical (unpaired) electrons. The van der Waals surface area contributed by atoms with Gasteiger partial charge in [0.15, 0.2) is 11.6 Å². The van der Waals surface area contributed by atoms with Crippen molar-refractivity contribution in [1.82, 2.24) is 24.8 Å². The van der Waals surface area contributed by atoms with Crippen molar-refractivity contribution in [1.29, 1.82) is 0 Å². The Morgan fingerprint density at radius 1 is 0.689 bits per heavy atom. The number of hydroxylamine groups is 2. The van der Waals surface area contributed by atoms with E-state index in [4.69, 9.17) is 45.4 Å². The molecule has 2 saturated heterocycles. The molecule has 2 N–H and O–H groups in total. The Morgan fingerprint density at radius 2 is 1.20 bits per heavy atom. The number of carbonyl (C=O) groups is 4. The highest BCUT2D eigenvalue weighted by molar-refractivity contribution is 6.31. The molecule has 2 fully saturated rings. The van der Waals surface area contributed by atoms with Gasteiger partial charge >= 0.3 is 0 Å². The van der Waals surface area contributed by atoms with Crippen LogP contribution in [0.1, 0.15) is 74.3 Å². The van der Waals surface area contributed by atoms with Crippen molar-refractivity contribution in [2.75, 3.05) is 46.1 Å². The van der Waals surface area contributed by atoms with Gasteiger partial charge in [0.25, 0.3) is 5.91 Å². The molecule has 320 valence electrons. The fourth-order valence-electron chi connectivity index (χ4n) is 7.10. The number of benzene rings is 3. The predicted molar refractivity (Wildman–Crippen MR) is 241 cm³/mol. The lowest BCUT2D eigenvalue weighted by Gasteiger charge is -2.37. The summed E-state index contributed by atoms with van der Waals surface area (Å²) in [5.74, 6) is 1.35. The first-order valence-corrected chi connectivity index (χ1v) is 21.3. The number of halogens is 3. The average Bonchev–Trinajstić information content (AvgIpc) is 3.27. The van der Waals surface area contributed by atoms with E-state index in [9.17, 15) is 19.2 Å². The number of carbonyl (C=O) groups excluding carboxylic acids is 4. The van der Waals surface area contributed by atoms with E-state index >= 15 is 0 Å². The standard InChI is InChI=1S/C25H31ClN4O2.C13H10ClNO.C9H10ClNO2/c26-22-3-1-20(2-4-22)23(31)15-18-6-13-30(14-7-18)25(32)21-8-11-29(12-9-21)17-19-5-10-28-24(27)16-19;14-12-3-1-11(2-4-12)13(16)9-10-5-7-15-8-6-10;1-11(13-2)9(12)7-3-5-8(10)6-4-7/h1-5,10,16,18,21H,6-9,11-15,17H2,(H2,27,28);1-8H,9H2;3-6H,1-2H3. The number of rotatable bonds is 11. The summed E-state index contributed by atoms with van der Waals surface area (Å²) in [7, 11) is 2.99. The van der Waals surface area contributed by atoms with Crippen LogP contribution in [0.15, 0.2) is 116 Å². The summed E-state index contributed by atoms with van der Waals surface area (Å²) in [6.07, 6.45) is 9.64. The number of nitrogen functional groups attached to an aromatic ring is 1. The van der Waals surface area contributed by atoms with Crippen LogP contribution in [-0.2, 0) is 22.6 Å². The van der Waals surface area contributed by atoms with Gasteiger partial charge in [-0.3, -0.25) is 33.9 Å². The second-order valence-corrected chi connectivity index (χ2v) is 16.3. The second-order valence-electron chi connectivity index (χ2n) is 15.0. The molecule has 0 atom stereocenters. The van der Waals surface area contributed by atoms with E-state index in [0.717, 1.165) is 74.6 Å². The number of nitrogens with zero attached hydrogens (tertiary/aromatic N) is 5. The van der Waals surface area contributed by atoms with Crippen molar-refractivity contribution in [3.63, 3.8) is 0 Å². The maximum Gasteiger partial charge on any atom is 0.277 e. The Bertz CT molecular complexity index is 2180. The molecular weight excluding hydrogens is 835 g/mol. The smallest absolute Gasteiger partial charge is 0.277 e. The second kappa shape index (κ2) is 23.7. The number of hydrogen-bond acceptors (Lipinski definition) is 9. The molecule has 14 heteroatoms. The van der Waals surface area contributed by atoms with Crippen LogP contribution < -0.4 is 5.73 Å². The zero-order valence-electron chi connectivity index (χ0n) is 34.4. The van der Waals surface area contributed by atoms with Crippen molar-refractivity contribution in [2.24, 2.45) is 11.8 Å². The molecule has 0 spiro atoms. The van der Waals surface area contributed by atoms with Crippen molar-refractivity contribution in [3.8, 4) is 0 Å². The number of aromatic nitrogens is 2. The highest BCUT2D eigenvalue weighted by Crippen LogP contribution is 2.27. The highest BCUT2D eigenvalue weighted by Gasteiger charge is 2.31. The van der Waals surface area contributed by atoms with Gasteiger partial charge in [-0.25, -0.2) is 10.0 Å². The maximum atomic E-state index is 13.0. The molecule has 3 aromatic carbocycles. The van der Waals surface area contributed by atoms with E-state index in [-0.39, 0.29) is 23.4 Å². The average molecular weight is 886 g/mol. The lowest BCUT2D eigenvalue weighted by Crippen LogP contribution is -2.45. The summed E-state index contributed by atoms with van der Waals surface area (Å²) in [4.78, 5) is 66.0. The molecular formula is C47H51Cl3N6O5. The Morgan fingerprint density at radius 3 is 1.72 bits per heavy atom. The van der Waals surface area contributed by atoms with Crippen LogP contribution in [-0.4, -0.2) is 88.5 Å². The third-order valence-electron chi connectivity index (χ3n) is 10.7. The zero-order valence-corrected chi connectivity index (χ0v) is 36.7. The van der Waals surface area contributed by atoms with Crippen LogP contribution in [0.5, 0.6) is 0 Å². The minimum absolute atomic E-state index is 0.0860. The number of ketones is 2. The van der Waals surface area contributed by atoms with Gasteiger partial charge in [0, 0.05) is 95.8 Å². The minimum atomic E-state index is -0.195. The first-order chi connectivity index (χ1) is 29.4. The van der Waals surface area contributed by atoms with Gasteiger partial charge in [-0.15, -0.1) is 0 Å². The molecule has 0 bridgehead atoms. The van der Waals surface area contributed by atoms with E-state index in [1.165, 1.54) is 7.11 Å². The van der Waals surface area contributed by atoms with Crippen molar-refractivity contribution in [3.05, 3.63) is 159 Å². The van der Waals surface area contributed by atoms with E-state index < -0.39 is 0 Å². The van der Waals surface area contributed by atoms with Gasteiger partial charge in [-0.2, -0.15) is 0 Å². The Labute approximate surface area is 372 Å². The third kappa shape index (κ3) is 15.1. The van der Waals surface area contributed by atoms with Gasteiger partial charge in [0.05, 0.1) is 7.11 Å². The first-order valence-electron chi connectivity index (χ1n) is 20.1. The molecule has 0 saturated carbocycles. The summed E-state index contributed by atoms with van der Waals surface area (Å²) in [5, 5.41) is 3.04. The van der Waals surface area contributed by atoms with Gasteiger partial charge < -0.3 is 10.6 Å². The number of likely N-dealkylation sites (tertiary alicyclic amines) is 2. The fourth-order valence-corrected chi connectivity index (χ4v) is 7.48. The van der Waals surface area contributed by atoms with E-state index in [1.54, 1.807) is 98.4 Å². The number of Topliss-reactive ketones (excluding diaryl/α,β-unsaturated/α-hetero) is 2. The monoisotopic (exact) mass is 884 g/mol. The normalized spacial score (nSPS) is 14.5. The molecule has 2 aliphatic rings. The number of amides is 2. The summed E-state index contributed by atoms with van der Waals surface area (Å²) >= 11 is 17.3. The van der Waals surface area contributed by atoms with Gasteiger partial charge in [-0.05, 0) is 153 Å². The van der Waals surface area contributed by atoms with Gasteiger partial charge in [-0.1, -0.05) is 34.8 Å². The molecule has 7 rings (SSSR count). The first kappa shape index (κ1) is 46.9. The number of hydrogen-bond donors (Lipinski definition) is 1. The van der Waals surface area contributed by atoms with Gasteiger partial charge in [0.1, 0.15) is 5.82 Å². The molecule has 2 aromatic heterocycles. The molecule has 2 amide bonds. The van der Waals surface area contributed by atoms with Crippen LogP contribution in [0.2, 0.25) is 15.1 Å². The van der Waals surface area contributed by atoms with Crippen LogP contribution in [0, 0.1) is 11.8 Å². The quantitative estimate of drug-likeness (QED) is 0.102. The van der Waals surface area contributed by atoms with Crippen LogP contribution in [0.3, 0.4) is 0 Å². The molecule has 4 heterocycles. The van der Waals surface area contributed by atoms with Crippen molar-refractivity contribution < 1.29 is 24.0 Å². The molecule has 11 nitrogen and oxygen atoms in total. The maximum absolute atomic E-state index is 13.0. The van der Waals surface area contributed by atoms with Crippen LogP contribution in [0.4, 0.5) is 5.82 Å². The highest BCUT2D eigenvalue weighted by atomic mass is 35.5. The predicted octanol–water partition coefficient (Wildman–Crippen LogP) is 9.17. The van der Waals surface area contributed by atoms with Crippen LogP contribution in [0.25, 0.3) is 0 Å². The third-order valence-corrected chi connectivity index (χ3v) is 11.4. The largest absolute Gasteiger partial charge is 0.384 e. The molecule has 0 unspecified atom stereocenters. The van der Waals surface area contributed by atoms with Crippen LogP contribution >= 0.6 is 34.8 Å². The van der Waals surface area contributed by atoms with Gasteiger partial charge in [0.2, 0.25) is 5.91 Å². The molecule has 0 aliphatic carbocycles. The minimum Gasteiger partial charge on any atom is -0.384 e. The zero-order chi connectivity index (χ0) is 43.7. The molecule has 5 aromatic rings. The topological polar surface area (TPSA) is 139 Å². The fraction of sp³-hybridized carbons (Fsp3) is 0.319. The summed E-state index contributed by atoms with van der Waals surface area (Å²) in [6.45, 7) is 4.21. The molecule has 2 aliphatic heterocycles. The summed E-state index contributed by atoms with van der Waals surface area (Å²) < 4.78 is 0. The SMILES string of the molecule is CON(C)C(=O)c1ccc(Cl)cc1.Nc1cc(CN2CCC(C(=O)N3CCC(CC(=O)c4ccc(Cl)cc4)CC3)CC2)ccn1.O=C(Cc1ccncc1)c1ccc(Cl)cc1. The van der Waals surface area contributed by atoms with E-state index in [1.807, 2.05) is 29.2 Å².